The highest BCUT2D eigenvalue weighted by molar-refractivity contribution is 4.97. The Hall–Kier alpha value is -0.990. The summed E-state index contributed by atoms with van der Waals surface area (Å²) >= 11 is 0. The number of imidazole rings is 1. The summed E-state index contributed by atoms with van der Waals surface area (Å²) in [7, 11) is 0. The van der Waals surface area contributed by atoms with Gasteiger partial charge in [0.05, 0.1) is 0 Å². The number of aromatic amines is 2. The molecule has 1 aliphatic carbocycles. The van der Waals surface area contributed by atoms with Crippen LogP contribution in [0, 0.1) is 17.8 Å². The number of nitrogens with one attached hydrogen (secondary N) is 2. The molecule has 15 heavy (non-hydrogen) atoms. The van der Waals surface area contributed by atoms with Crippen LogP contribution in [0.5, 0.6) is 0 Å². The Bertz CT molecular complexity index is 366. The van der Waals surface area contributed by atoms with Gasteiger partial charge >= 0.3 is 5.69 Å². The maximum atomic E-state index is 10.9. The van der Waals surface area contributed by atoms with Crippen LogP contribution in [0.25, 0.3) is 0 Å². The lowest BCUT2D eigenvalue weighted by Gasteiger charge is -2.31. The molecule has 3 unspecified atom stereocenters. The fourth-order valence-electron chi connectivity index (χ4n) is 2.64. The molecule has 0 spiro atoms. The minimum Gasteiger partial charge on any atom is -0.313 e. The van der Waals surface area contributed by atoms with Crippen LogP contribution in [-0.2, 0) is 6.42 Å². The van der Waals surface area contributed by atoms with E-state index in [0.29, 0.717) is 0 Å². The van der Waals surface area contributed by atoms with Crippen LogP contribution in [0.15, 0.2) is 11.0 Å². The van der Waals surface area contributed by atoms with Gasteiger partial charge in [0.15, 0.2) is 0 Å². The van der Waals surface area contributed by atoms with E-state index in [2.05, 4.69) is 23.8 Å². The van der Waals surface area contributed by atoms with Crippen LogP contribution in [0.1, 0.15) is 38.8 Å². The van der Waals surface area contributed by atoms with Gasteiger partial charge in [-0.2, -0.15) is 0 Å². The monoisotopic (exact) mass is 208 g/mol. The Morgan fingerprint density at radius 2 is 2.13 bits per heavy atom. The van der Waals surface area contributed by atoms with E-state index < -0.39 is 0 Å². The summed E-state index contributed by atoms with van der Waals surface area (Å²) in [4.78, 5) is 16.4. The molecule has 84 valence electrons. The highest BCUT2D eigenvalue weighted by Gasteiger charge is 2.24. The average molecular weight is 208 g/mol. The molecule has 2 rings (SSSR count). The van der Waals surface area contributed by atoms with Crippen LogP contribution in [0.2, 0.25) is 0 Å². The topological polar surface area (TPSA) is 48.6 Å². The van der Waals surface area contributed by atoms with Crippen LogP contribution in [-0.4, -0.2) is 9.97 Å². The molecule has 3 nitrogen and oxygen atoms in total. The zero-order valence-corrected chi connectivity index (χ0v) is 9.55. The number of H-pyrrole nitrogens is 2. The van der Waals surface area contributed by atoms with Crippen molar-refractivity contribution in [2.75, 3.05) is 0 Å². The van der Waals surface area contributed by atoms with Crippen LogP contribution >= 0.6 is 0 Å². The SMILES string of the molecule is CC1CCC(Cc2c[nH]c(=O)[nH]2)CC1C. The van der Waals surface area contributed by atoms with Crippen molar-refractivity contribution in [1.82, 2.24) is 9.97 Å². The first-order valence-electron chi connectivity index (χ1n) is 5.91. The quantitative estimate of drug-likeness (QED) is 0.770. The maximum Gasteiger partial charge on any atom is 0.323 e. The third-order valence-corrected chi connectivity index (χ3v) is 3.87. The van der Waals surface area contributed by atoms with Crippen molar-refractivity contribution in [3.05, 3.63) is 22.4 Å². The molecular formula is C12H20N2O. The van der Waals surface area contributed by atoms with Crippen molar-refractivity contribution in [2.24, 2.45) is 17.8 Å². The Morgan fingerprint density at radius 1 is 1.33 bits per heavy atom. The van der Waals surface area contributed by atoms with E-state index in [-0.39, 0.29) is 5.69 Å². The zero-order valence-electron chi connectivity index (χ0n) is 9.55. The van der Waals surface area contributed by atoms with Gasteiger partial charge in [-0.15, -0.1) is 0 Å². The molecule has 3 heteroatoms. The second-order valence-electron chi connectivity index (χ2n) is 5.11. The molecule has 1 saturated carbocycles. The standard InChI is InChI=1S/C12H20N2O/c1-8-3-4-10(5-9(8)2)6-11-7-13-12(15)14-11/h7-10H,3-6H2,1-2H3,(H2,13,14,15). The number of rotatable bonds is 2. The summed E-state index contributed by atoms with van der Waals surface area (Å²) in [6.45, 7) is 4.69. The highest BCUT2D eigenvalue weighted by Crippen LogP contribution is 2.34. The van der Waals surface area contributed by atoms with Crippen molar-refractivity contribution in [2.45, 2.75) is 39.5 Å². The Labute approximate surface area is 90.3 Å². The summed E-state index contributed by atoms with van der Waals surface area (Å²) in [6, 6.07) is 0. The number of aromatic nitrogens is 2. The Morgan fingerprint density at radius 3 is 2.73 bits per heavy atom. The lowest BCUT2D eigenvalue weighted by molar-refractivity contribution is 0.207. The van der Waals surface area contributed by atoms with E-state index >= 15 is 0 Å². The molecule has 0 saturated heterocycles. The first kappa shape index (κ1) is 10.5. The minimum atomic E-state index is -0.0813. The lowest BCUT2D eigenvalue weighted by Crippen LogP contribution is -2.22. The third kappa shape index (κ3) is 2.52. The number of hydrogen-bond donors (Lipinski definition) is 2. The third-order valence-electron chi connectivity index (χ3n) is 3.87. The second-order valence-corrected chi connectivity index (χ2v) is 5.11. The molecule has 0 radical (unpaired) electrons. The summed E-state index contributed by atoms with van der Waals surface area (Å²) in [5.74, 6) is 2.45. The molecule has 0 aliphatic heterocycles. The molecule has 1 heterocycles. The van der Waals surface area contributed by atoms with E-state index in [1.165, 1.54) is 19.3 Å². The Kier molecular flexibility index (Phi) is 2.98. The molecule has 1 aromatic heterocycles. The van der Waals surface area contributed by atoms with E-state index in [1.807, 2.05) is 6.20 Å². The number of hydrogen-bond acceptors (Lipinski definition) is 1. The van der Waals surface area contributed by atoms with Crippen molar-refractivity contribution >= 4 is 0 Å². The molecule has 1 fully saturated rings. The molecular weight excluding hydrogens is 188 g/mol. The maximum absolute atomic E-state index is 10.9. The molecule has 1 aromatic rings. The fourth-order valence-corrected chi connectivity index (χ4v) is 2.64. The van der Waals surface area contributed by atoms with E-state index in [4.69, 9.17) is 0 Å². The molecule has 2 N–H and O–H groups in total. The predicted octanol–water partition coefficient (Wildman–Crippen LogP) is 2.32. The zero-order chi connectivity index (χ0) is 10.8. The Balaban J connectivity index is 1.93. The van der Waals surface area contributed by atoms with Crippen molar-refractivity contribution in [1.29, 1.82) is 0 Å². The molecule has 3 atom stereocenters. The van der Waals surface area contributed by atoms with Gasteiger partial charge in [0.1, 0.15) is 0 Å². The smallest absolute Gasteiger partial charge is 0.313 e. The van der Waals surface area contributed by atoms with Gasteiger partial charge in [-0.1, -0.05) is 20.3 Å². The fraction of sp³-hybridized carbons (Fsp3) is 0.750. The van der Waals surface area contributed by atoms with Crippen LogP contribution in [0.3, 0.4) is 0 Å². The summed E-state index contributed by atoms with van der Waals surface area (Å²) in [5, 5.41) is 0. The van der Waals surface area contributed by atoms with Crippen molar-refractivity contribution in [3.63, 3.8) is 0 Å². The molecule has 1 aliphatic rings. The van der Waals surface area contributed by atoms with E-state index in [1.54, 1.807) is 0 Å². The first-order chi connectivity index (χ1) is 7.15. The predicted molar refractivity (Wildman–Crippen MR) is 60.8 cm³/mol. The minimum absolute atomic E-state index is 0.0813. The summed E-state index contributed by atoms with van der Waals surface area (Å²) in [6.07, 6.45) is 6.77. The summed E-state index contributed by atoms with van der Waals surface area (Å²) < 4.78 is 0. The average Bonchev–Trinajstić information content (AvgIpc) is 2.58. The summed E-state index contributed by atoms with van der Waals surface area (Å²) in [5.41, 5.74) is 0.981. The molecule has 0 amide bonds. The molecule has 0 aromatic carbocycles. The van der Waals surface area contributed by atoms with Crippen LogP contribution < -0.4 is 5.69 Å². The van der Waals surface area contributed by atoms with E-state index in [9.17, 15) is 4.79 Å². The van der Waals surface area contributed by atoms with Gasteiger partial charge in [-0.3, -0.25) is 0 Å². The van der Waals surface area contributed by atoms with Crippen LogP contribution in [0.4, 0.5) is 0 Å². The van der Waals surface area contributed by atoms with Gasteiger partial charge in [-0.05, 0) is 37.0 Å². The largest absolute Gasteiger partial charge is 0.323 e. The molecule has 0 bridgehead atoms. The van der Waals surface area contributed by atoms with Gasteiger partial charge in [-0.25, -0.2) is 4.79 Å². The van der Waals surface area contributed by atoms with E-state index in [0.717, 1.165) is 29.9 Å². The highest BCUT2D eigenvalue weighted by atomic mass is 16.1. The van der Waals surface area contributed by atoms with Crippen molar-refractivity contribution < 1.29 is 0 Å². The lowest BCUT2D eigenvalue weighted by atomic mass is 9.74. The van der Waals surface area contributed by atoms with Crippen molar-refractivity contribution in [3.8, 4) is 0 Å². The van der Waals surface area contributed by atoms with Gasteiger partial charge in [0, 0.05) is 11.9 Å². The van der Waals surface area contributed by atoms with Gasteiger partial charge in [0.25, 0.3) is 0 Å². The van der Waals surface area contributed by atoms with Gasteiger partial charge < -0.3 is 9.97 Å². The van der Waals surface area contributed by atoms with Gasteiger partial charge in [0.2, 0.25) is 0 Å². The second kappa shape index (κ2) is 4.25. The normalized spacial score (nSPS) is 31.7. The first-order valence-corrected chi connectivity index (χ1v) is 5.91.